The minimum atomic E-state index is 0.182. The second kappa shape index (κ2) is 6.31. The summed E-state index contributed by atoms with van der Waals surface area (Å²) in [6.07, 6.45) is 2.41. The summed E-state index contributed by atoms with van der Waals surface area (Å²) in [7, 11) is 0. The van der Waals surface area contributed by atoms with E-state index in [0.29, 0.717) is 13.0 Å². The van der Waals surface area contributed by atoms with Gasteiger partial charge in [0, 0.05) is 6.42 Å². The molecule has 0 N–H and O–H groups in total. The molecule has 1 rings (SSSR count). The smallest absolute Gasteiger partial charge is 0.166 e. The highest BCUT2D eigenvalue weighted by Crippen LogP contribution is 2.22. The molecule has 88 valence electrons. The van der Waals surface area contributed by atoms with Crippen molar-refractivity contribution in [2.45, 2.75) is 40.0 Å². The molecule has 0 saturated carbocycles. The predicted molar refractivity (Wildman–Crippen MR) is 66.2 cm³/mol. The molecule has 1 aromatic rings. The van der Waals surface area contributed by atoms with E-state index in [9.17, 15) is 4.79 Å². The van der Waals surface area contributed by atoms with E-state index in [0.717, 1.165) is 24.2 Å². The van der Waals surface area contributed by atoms with Crippen molar-refractivity contribution < 1.29 is 9.53 Å². The van der Waals surface area contributed by atoms with Gasteiger partial charge in [0.2, 0.25) is 0 Å². The lowest BCUT2D eigenvalue weighted by Gasteiger charge is -2.10. The van der Waals surface area contributed by atoms with Crippen molar-refractivity contribution in [1.82, 2.24) is 0 Å². The zero-order valence-electron chi connectivity index (χ0n) is 10.4. The van der Waals surface area contributed by atoms with Gasteiger partial charge < -0.3 is 4.74 Å². The fourth-order valence-electron chi connectivity index (χ4n) is 1.66. The number of rotatable bonds is 6. The topological polar surface area (TPSA) is 26.3 Å². The predicted octanol–water partition coefficient (Wildman–Crippen LogP) is 3.63. The Balaban J connectivity index is 3.04. The lowest BCUT2D eigenvalue weighted by atomic mass is 10.0. The molecule has 1 aromatic carbocycles. The molecule has 0 aliphatic heterocycles. The van der Waals surface area contributed by atoms with Gasteiger partial charge in [-0.3, -0.25) is 4.79 Å². The van der Waals surface area contributed by atoms with E-state index in [1.54, 1.807) is 0 Å². The fraction of sp³-hybridized carbons (Fsp3) is 0.500. The zero-order chi connectivity index (χ0) is 12.0. The van der Waals surface area contributed by atoms with Crippen molar-refractivity contribution >= 4 is 5.78 Å². The summed E-state index contributed by atoms with van der Waals surface area (Å²) in [5, 5.41) is 0. The Bertz CT molecular complexity index is 356. The molecule has 0 atom stereocenters. The largest absolute Gasteiger partial charge is 0.493 e. The number of Topliss-reactive ketones (excluding diaryl/α,β-unsaturated/α-hetero) is 1. The van der Waals surface area contributed by atoms with E-state index in [-0.39, 0.29) is 5.78 Å². The van der Waals surface area contributed by atoms with Gasteiger partial charge in [0.05, 0.1) is 12.2 Å². The number of hydrogen-bond donors (Lipinski definition) is 0. The summed E-state index contributed by atoms with van der Waals surface area (Å²) < 4.78 is 5.48. The average Bonchev–Trinajstić information content (AvgIpc) is 2.30. The third kappa shape index (κ3) is 3.09. The molecule has 0 unspecified atom stereocenters. The molecule has 16 heavy (non-hydrogen) atoms. The van der Waals surface area contributed by atoms with Crippen LogP contribution in [0.5, 0.6) is 5.75 Å². The molecule has 0 aliphatic rings. The van der Waals surface area contributed by atoms with Gasteiger partial charge in [-0.2, -0.15) is 0 Å². The van der Waals surface area contributed by atoms with Crippen molar-refractivity contribution in [1.29, 1.82) is 0 Å². The van der Waals surface area contributed by atoms with Crippen LogP contribution >= 0.6 is 0 Å². The number of hydrogen-bond acceptors (Lipinski definition) is 2. The summed E-state index contributed by atoms with van der Waals surface area (Å²) in [5.41, 5.74) is 1.92. The van der Waals surface area contributed by atoms with E-state index in [2.05, 4.69) is 6.92 Å². The number of ketones is 1. The third-order valence-electron chi connectivity index (χ3n) is 2.53. The number of ether oxygens (including phenoxy) is 1. The Morgan fingerprint density at radius 3 is 2.56 bits per heavy atom. The lowest BCUT2D eigenvalue weighted by Crippen LogP contribution is -2.04. The molecule has 0 fully saturated rings. The summed E-state index contributed by atoms with van der Waals surface area (Å²) in [5.74, 6) is 0.902. The maximum absolute atomic E-state index is 11.9. The second-order valence-corrected chi connectivity index (χ2v) is 3.79. The van der Waals surface area contributed by atoms with Crippen molar-refractivity contribution in [3.05, 3.63) is 29.3 Å². The van der Waals surface area contributed by atoms with Crippen LogP contribution in [0.15, 0.2) is 18.2 Å². The maximum atomic E-state index is 11.9. The van der Waals surface area contributed by atoms with Gasteiger partial charge in [-0.15, -0.1) is 0 Å². The first-order valence-electron chi connectivity index (χ1n) is 6.01. The third-order valence-corrected chi connectivity index (χ3v) is 2.53. The number of carbonyl (C=O) groups excluding carboxylic acids is 1. The first-order valence-corrected chi connectivity index (χ1v) is 6.01. The van der Waals surface area contributed by atoms with E-state index >= 15 is 0 Å². The SMILES string of the molecule is CCCC(=O)c1cc(CC)ccc1OCC. The average molecular weight is 220 g/mol. The van der Waals surface area contributed by atoms with Gasteiger partial charge >= 0.3 is 0 Å². The van der Waals surface area contributed by atoms with Gasteiger partial charge in [0.25, 0.3) is 0 Å². The summed E-state index contributed by atoms with van der Waals surface area (Å²) in [4.78, 5) is 11.9. The minimum absolute atomic E-state index is 0.182. The van der Waals surface area contributed by atoms with Crippen LogP contribution in [-0.4, -0.2) is 12.4 Å². The molecule has 0 amide bonds. The van der Waals surface area contributed by atoms with Crippen LogP contribution < -0.4 is 4.74 Å². The Morgan fingerprint density at radius 2 is 2.00 bits per heavy atom. The van der Waals surface area contributed by atoms with Crippen LogP contribution in [0.4, 0.5) is 0 Å². The minimum Gasteiger partial charge on any atom is -0.493 e. The highest BCUT2D eigenvalue weighted by Gasteiger charge is 2.12. The Kier molecular flexibility index (Phi) is 5.03. The summed E-state index contributed by atoms with van der Waals surface area (Å²) in [6, 6.07) is 5.89. The van der Waals surface area contributed by atoms with Gasteiger partial charge in [0.15, 0.2) is 5.78 Å². The number of benzene rings is 1. The summed E-state index contributed by atoms with van der Waals surface area (Å²) >= 11 is 0. The molecule has 0 aliphatic carbocycles. The molecule has 2 nitrogen and oxygen atoms in total. The Morgan fingerprint density at radius 1 is 1.25 bits per heavy atom. The van der Waals surface area contributed by atoms with Gasteiger partial charge in [0.1, 0.15) is 5.75 Å². The van der Waals surface area contributed by atoms with Crippen molar-refractivity contribution in [3.63, 3.8) is 0 Å². The molecule has 0 spiro atoms. The quantitative estimate of drug-likeness (QED) is 0.684. The lowest BCUT2D eigenvalue weighted by molar-refractivity contribution is 0.0978. The molecule has 0 heterocycles. The monoisotopic (exact) mass is 220 g/mol. The van der Waals surface area contributed by atoms with E-state index in [1.807, 2.05) is 32.0 Å². The normalized spacial score (nSPS) is 10.2. The van der Waals surface area contributed by atoms with Crippen molar-refractivity contribution in [3.8, 4) is 5.75 Å². The summed E-state index contributed by atoms with van der Waals surface area (Å²) in [6.45, 7) is 6.63. The first-order chi connectivity index (χ1) is 7.72. The number of aryl methyl sites for hydroxylation is 1. The van der Waals surface area contributed by atoms with Crippen LogP contribution in [0.2, 0.25) is 0 Å². The molecule has 0 radical (unpaired) electrons. The molecular weight excluding hydrogens is 200 g/mol. The van der Waals surface area contributed by atoms with Crippen molar-refractivity contribution in [2.24, 2.45) is 0 Å². The van der Waals surface area contributed by atoms with Gasteiger partial charge in [-0.05, 0) is 37.5 Å². The van der Waals surface area contributed by atoms with E-state index in [1.165, 1.54) is 5.56 Å². The van der Waals surface area contributed by atoms with E-state index in [4.69, 9.17) is 4.74 Å². The molecule has 0 bridgehead atoms. The second-order valence-electron chi connectivity index (χ2n) is 3.79. The fourth-order valence-corrected chi connectivity index (χ4v) is 1.66. The highest BCUT2D eigenvalue weighted by molar-refractivity contribution is 5.98. The van der Waals surface area contributed by atoms with Crippen LogP contribution in [-0.2, 0) is 6.42 Å². The highest BCUT2D eigenvalue weighted by atomic mass is 16.5. The van der Waals surface area contributed by atoms with Crippen LogP contribution in [0.3, 0.4) is 0 Å². The van der Waals surface area contributed by atoms with Gasteiger partial charge in [-0.1, -0.05) is 19.9 Å². The molecule has 2 heteroatoms. The van der Waals surface area contributed by atoms with E-state index < -0.39 is 0 Å². The molecular formula is C14H20O2. The van der Waals surface area contributed by atoms with Crippen LogP contribution in [0, 0.1) is 0 Å². The first kappa shape index (κ1) is 12.8. The van der Waals surface area contributed by atoms with Crippen LogP contribution in [0.25, 0.3) is 0 Å². The maximum Gasteiger partial charge on any atom is 0.166 e. The molecule has 0 aromatic heterocycles. The van der Waals surface area contributed by atoms with Crippen molar-refractivity contribution in [2.75, 3.05) is 6.61 Å². The molecule has 0 saturated heterocycles. The Hall–Kier alpha value is -1.31. The van der Waals surface area contributed by atoms with Gasteiger partial charge in [-0.25, -0.2) is 0 Å². The Labute approximate surface area is 97.6 Å². The number of carbonyl (C=O) groups is 1. The standard InChI is InChI=1S/C14H20O2/c1-4-7-13(15)12-10-11(5-2)8-9-14(12)16-6-3/h8-10H,4-7H2,1-3H3. The van der Waals surface area contributed by atoms with Crippen LogP contribution in [0.1, 0.15) is 49.5 Å². The zero-order valence-corrected chi connectivity index (χ0v) is 10.4.